The van der Waals surface area contributed by atoms with E-state index in [-0.39, 0.29) is 5.91 Å². The minimum atomic E-state index is -0.0125. The Kier molecular flexibility index (Phi) is 4.30. The molecule has 0 spiro atoms. The monoisotopic (exact) mass is 308 g/mol. The zero-order valence-corrected chi connectivity index (χ0v) is 13.1. The number of amides is 1. The fourth-order valence-corrected chi connectivity index (χ4v) is 3.04. The molecular formula is C18H16N2OS. The molecule has 0 unspecified atom stereocenters. The lowest BCUT2D eigenvalue weighted by molar-refractivity contribution is -0.115. The lowest BCUT2D eigenvalue weighted by atomic mass is 10.1. The van der Waals surface area contributed by atoms with Crippen molar-refractivity contribution >= 4 is 39.2 Å². The van der Waals surface area contributed by atoms with Crippen LogP contribution in [0.25, 0.3) is 16.3 Å². The summed E-state index contributed by atoms with van der Waals surface area (Å²) in [5.74, 6) is -0.0125. The topological polar surface area (TPSA) is 42.0 Å². The molecule has 0 saturated carbocycles. The predicted octanol–water partition coefficient (Wildman–Crippen LogP) is 4.51. The van der Waals surface area contributed by atoms with Gasteiger partial charge in [0.1, 0.15) is 0 Å². The molecule has 3 aromatic rings. The van der Waals surface area contributed by atoms with Crippen molar-refractivity contribution in [3.05, 3.63) is 65.2 Å². The van der Waals surface area contributed by atoms with E-state index in [2.05, 4.69) is 10.3 Å². The average Bonchev–Trinajstić information content (AvgIpc) is 2.95. The van der Waals surface area contributed by atoms with Gasteiger partial charge in [-0.05, 0) is 36.2 Å². The highest BCUT2D eigenvalue weighted by Gasteiger charge is 2.06. The van der Waals surface area contributed by atoms with Crippen LogP contribution in [0.5, 0.6) is 0 Å². The molecule has 1 aromatic heterocycles. The Bertz CT molecular complexity index is 836. The van der Waals surface area contributed by atoms with Crippen molar-refractivity contribution in [2.75, 3.05) is 5.32 Å². The summed E-state index contributed by atoms with van der Waals surface area (Å²) < 4.78 is 1.08. The normalized spacial score (nSPS) is 11.1. The number of thiazole rings is 1. The second-order valence-corrected chi connectivity index (χ2v) is 5.89. The van der Waals surface area contributed by atoms with Gasteiger partial charge in [0.05, 0.1) is 22.1 Å². The molecule has 22 heavy (non-hydrogen) atoms. The SMILES string of the molecule is CC=Cc1cccc(CC(=O)Nc2ccc3ncsc3c2)c1. The Hall–Kier alpha value is -2.46. The van der Waals surface area contributed by atoms with Crippen LogP contribution in [0, 0.1) is 0 Å². The molecule has 1 N–H and O–H groups in total. The van der Waals surface area contributed by atoms with Crippen molar-refractivity contribution in [3.63, 3.8) is 0 Å². The Morgan fingerprint density at radius 1 is 1.27 bits per heavy atom. The fraction of sp³-hybridized carbons (Fsp3) is 0.111. The van der Waals surface area contributed by atoms with Crippen LogP contribution >= 0.6 is 11.3 Å². The minimum absolute atomic E-state index is 0.0125. The number of fused-ring (bicyclic) bond motifs is 1. The highest BCUT2D eigenvalue weighted by atomic mass is 32.1. The molecule has 0 aliphatic rings. The van der Waals surface area contributed by atoms with E-state index in [1.165, 1.54) is 0 Å². The third kappa shape index (κ3) is 3.40. The third-order valence-corrected chi connectivity index (χ3v) is 4.08. The van der Waals surface area contributed by atoms with E-state index in [1.807, 2.05) is 67.1 Å². The summed E-state index contributed by atoms with van der Waals surface area (Å²) in [5, 5.41) is 2.95. The van der Waals surface area contributed by atoms with Gasteiger partial charge in [-0.3, -0.25) is 4.79 Å². The van der Waals surface area contributed by atoms with Crippen molar-refractivity contribution in [2.24, 2.45) is 0 Å². The number of rotatable bonds is 4. The number of allylic oxidation sites excluding steroid dienone is 1. The first-order valence-corrected chi connectivity index (χ1v) is 7.97. The van der Waals surface area contributed by atoms with E-state index in [4.69, 9.17) is 0 Å². The maximum absolute atomic E-state index is 12.2. The van der Waals surface area contributed by atoms with Crippen LogP contribution < -0.4 is 5.32 Å². The summed E-state index contributed by atoms with van der Waals surface area (Å²) in [6.45, 7) is 1.98. The molecule has 0 saturated heterocycles. The summed E-state index contributed by atoms with van der Waals surface area (Å²) in [5.41, 5.74) is 5.70. The van der Waals surface area contributed by atoms with Crippen LogP contribution in [0.15, 0.2) is 54.1 Å². The van der Waals surface area contributed by atoms with E-state index in [0.29, 0.717) is 6.42 Å². The van der Waals surface area contributed by atoms with E-state index in [0.717, 1.165) is 27.0 Å². The highest BCUT2D eigenvalue weighted by molar-refractivity contribution is 7.16. The quantitative estimate of drug-likeness (QED) is 0.770. The van der Waals surface area contributed by atoms with Gasteiger partial charge in [-0.2, -0.15) is 0 Å². The molecule has 0 atom stereocenters. The molecule has 3 rings (SSSR count). The summed E-state index contributed by atoms with van der Waals surface area (Å²) in [6.07, 6.45) is 4.38. The molecule has 0 radical (unpaired) electrons. The van der Waals surface area contributed by atoms with Crippen molar-refractivity contribution < 1.29 is 4.79 Å². The highest BCUT2D eigenvalue weighted by Crippen LogP contribution is 2.22. The van der Waals surface area contributed by atoms with Gasteiger partial charge in [-0.25, -0.2) is 4.98 Å². The molecule has 0 fully saturated rings. The van der Waals surface area contributed by atoms with Crippen LogP contribution in [0.2, 0.25) is 0 Å². The fourth-order valence-electron chi connectivity index (χ4n) is 2.32. The molecule has 110 valence electrons. The maximum atomic E-state index is 12.2. The number of nitrogens with zero attached hydrogens (tertiary/aromatic N) is 1. The van der Waals surface area contributed by atoms with Crippen LogP contribution in [0.1, 0.15) is 18.1 Å². The van der Waals surface area contributed by atoms with E-state index < -0.39 is 0 Å². The number of hydrogen-bond acceptors (Lipinski definition) is 3. The van der Waals surface area contributed by atoms with E-state index >= 15 is 0 Å². The average molecular weight is 308 g/mol. The van der Waals surface area contributed by atoms with Gasteiger partial charge in [0, 0.05) is 5.69 Å². The smallest absolute Gasteiger partial charge is 0.228 e. The molecule has 2 aromatic carbocycles. The van der Waals surface area contributed by atoms with Crippen LogP contribution in [0.3, 0.4) is 0 Å². The Morgan fingerprint density at radius 3 is 3.05 bits per heavy atom. The second-order valence-electron chi connectivity index (χ2n) is 5.00. The first-order valence-electron chi connectivity index (χ1n) is 7.09. The lowest BCUT2D eigenvalue weighted by Gasteiger charge is -2.06. The van der Waals surface area contributed by atoms with Crippen molar-refractivity contribution in [1.82, 2.24) is 4.98 Å². The van der Waals surface area contributed by atoms with Gasteiger partial charge in [-0.15, -0.1) is 11.3 Å². The van der Waals surface area contributed by atoms with E-state index in [9.17, 15) is 4.79 Å². The Morgan fingerprint density at radius 2 is 2.18 bits per heavy atom. The molecular weight excluding hydrogens is 292 g/mol. The second kappa shape index (κ2) is 6.54. The first-order chi connectivity index (χ1) is 10.7. The summed E-state index contributed by atoms with van der Waals surface area (Å²) >= 11 is 1.57. The minimum Gasteiger partial charge on any atom is -0.326 e. The van der Waals surface area contributed by atoms with Crippen LogP contribution in [0.4, 0.5) is 5.69 Å². The van der Waals surface area contributed by atoms with Crippen molar-refractivity contribution in [1.29, 1.82) is 0 Å². The zero-order valence-electron chi connectivity index (χ0n) is 12.2. The predicted molar refractivity (Wildman–Crippen MR) is 93.1 cm³/mol. The zero-order chi connectivity index (χ0) is 15.4. The molecule has 3 nitrogen and oxygen atoms in total. The number of aromatic nitrogens is 1. The van der Waals surface area contributed by atoms with Gasteiger partial charge < -0.3 is 5.32 Å². The number of carbonyl (C=O) groups excluding carboxylic acids is 1. The third-order valence-electron chi connectivity index (χ3n) is 3.29. The number of nitrogens with one attached hydrogen (secondary N) is 1. The molecule has 4 heteroatoms. The summed E-state index contributed by atoms with van der Waals surface area (Å²) in [4.78, 5) is 16.4. The molecule has 0 bridgehead atoms. The first kappa shape index (κ1) is 14.5. The maximum Gasteiger partial charge on any atom is 0.228 e. The molecule has 0 aliphatic carbocycles. The molecule has 0 aliphatic heterocycles. The summed E-state index contributed by atoms with van der Waals surface area (Å²) in [7, 11) is 0. The van der Waals surface area contributed by atoms with Gasteiger partial charge in [0.15, 0.2) is 0 Å². The number of benzene rings is 2. The molecule has 1 heterocycles. The Balaban J connectivity index is 1.70. The van der Waals surface area contributed by atoms with Crippen molar-refractivity contribution in [2.45, 2.75) is 13.3 Å². The van der Waals surface area contributed by atoms with Crippen LogP contribution in [-0.2, 0) is 11.2 Å². The molecule has 1 amide bonds. The van der Waals surface area contributed by atoms with Gasteiger partial charge in [0.2, 0.25) is 5.91 Å². The van der Waals surface area contributed by atoms with Gasteiger partial charge in [0.25, 0.3) is 0 Å². The van der Waals surface area contributed by atoms with Crippen LogP contribution in [-0.4, -0.2) is 10.9 Å². The lowest BCUT2D eigenvalue weighted by Crippen LogP contribution is -2.14. The summed E-state index contributed by atoms with van der Waals surface area (Å²) in [6, 6.07) is 13.8. The number of hydrogen-bond donors (Lipinski definition) is 1. The standard InChI is InChI=1S/C18H16N2OS/c1-2-4-13-5-3-6-14(9-13)10-18(21)20-15-7-8-16-17(11-15)22-12-19-16/h2-9,11-12H,10H2,1H3,(H,20,21). The van der Waals surface area contributed by atoms with Gasteiger partial charge in [-0.1, -0.05) is 36.4 Å². The van der Waals surface area contributed by atoms with Gasteiger partial charge >= 0.3 is 0 Å². The Labute approximate surface area is 133 Å². The largest absolute Gasteiger partial charge is 0.326 e. The van der Waals surface area contributed by atoms with E-state index in [1.54, 1.807) is 11.3 Å². The van der Waals surface area contributed by atoms with Crippen molar-refractivity contribution in [3.8, 4) is 0 Å². The number of anilines is 1. The number of carbonyl (C=O) groups is 1.